The first-order valence-electron chi connectivity index (χ1n) is 5.93. The SMILES string of the molecule is OC=C(O)c1ccc(-c2ccc(C(O)=CO)cc2)cc1. The molecule has 0 saturated carbocycles. The first kappa shape index (κ1) is 13.5. The minimum atomic E-state index is -0.190. The molecule has 0 unspecified atom stereocenters. The van der Waals surface area contributed by atoms with Gasteiger partial charge in [-0.3, -0.25) is 0 Å². The maximum absolute atomic E-state index is 9.37. The number of aliphatic hydroxyl groups excluding tert-OH is 4. The van der Waals surface area contributed by atoms with E-state index >= 15 is 0 Å². The largest absolute Gasteiger partial charge is 0.512 e. The van der Waals surface area contributed by atoms with Crippen molar-refractivity contribution in [1.82, 2.24) is 0 Å². The molecule has 0 spiro atoms. The van der Waals surface area contributed by atoms with Gasteiger partial charge in [-0.1, -0.05) is 48.5 Å². The lowest BCUT2D eigenvalue weighted by atomic mass is 10.0. The van der Waals surface area contributed by atoms with E-state index in [2.05, 4.69) is 0 Å². The first-order valence-corrected chi connectivity index (χ1v) is 5.93. The molecule has 0 saturated heterocycles. The van der Waals surface area contributed by atoms with E-state index in [9.17, 15) is 10.2 Å². The van der Waals surface area contributed by atoms with Gasteiger partial charge in [0.1, 0.15) is 12.5 Å². The van der Waals surface area contributed by atoms with Gasteiger partial charge in [-0.2, -0.15) is 0 Å². The summed E-state index contributed by atoms with van der Waals surface area (Å²) in [5.41, 5.74) is 2.90. The Morgan fingerprint density at radius 2 is 0.900 bits per heavy atom. The third-order valence-corrected chi connectivity index (χ3v) is 2.94. The van der Waals surface area contributed by atoms with Crippen LogP contribution < -0.4 is 0 Å². The van der Waals surface area contributed by atoms with Crippen LogP contribution in [0, 0.1) is 0 Å². The molecule has 0 aliphatic rings. The Morgan fingerprint density at radius 1 is 0.600 bits per heavy atom. The maximum atomic E-state index is 9.37. The first-order chi connectivity index (χ1) is 9.65. The number of hydrogen-bond donors (Lipinski definition) is 4. The Kier molecular flexibility index (Phi) is 3.96. The quantitative estimate of drug-likeness (QED) is 0.630. The maximum Gasteiger partial charge on any atom is 0.157 e. The van der Waals surface area contributed by atoms with Crippen LogP contribution in [-0.2, 0) is 0 Å². The molecule has 2 aromatic rings. The molecule has 0 heterocycles. The Bertz CT molecular complexity index is 578. The fourth-order valence-electron chi connectivity index (χ4n) is 1.82. The number of benzene rings is 2. The van der Waals surface area contributed by atoms with Gasteiger partial charge in [0.05, 0.1) is 0 Å². The van der Waals surface area contributed by atoms with Crippen LogP contribution in [0.15, 0.2) is 61.1 Å². The molecule has 0 radical (unpaired) electrons. The smallest absolute Gasteiger partial charge is 0.157 e. The van der Waals surface area contributed by atoms with Gasteiger partial charge in [0.2, 0.25) is 0 Å². The fourth-order valence-corrected chi connectivity index (χ4v) is 1.82. The highest BCUT2D eigenvalue weighted by Gasteiger charge is 2.03. The minimum Gasteiger partial charge on any atom is -0.512 e. The zero-order chi connectivity index (χ0) is 14.5. The van der Waals surface area contributed by atoms with Crippen LogP contribution in [0.1, 0.15) is 11.1 Å². The van der Waals surface area contributed by atoms with Crippen LogP contribution >= 0.6 is 0 Å². The summed E-state index contributed by atoms with van der Waals surface area (Å²) < 4.78 is 0. The summed E-state index contributed by atoms with van der Waals surface area (Å²) in [6.45, 7) is 0. The lowest BCUT2D eigenvalue weighted by Gasteiger charge is -2.05. The van der Waals surface area contributed by atoms with Gasteiger partial charge in [-0.05, 0) is 11.1 Å². The summed E-state index contributed by atoms with van der Waals surface area (Å²) in [6, 6.07) is 14.0. The molecule has 0 aromatic heterocycles. The van der Waals surface area contributed by atoms with E-state index in [0.29, 0.717) is 23.7 Å². The average Bonchev–Trinajstić information content (AvgIpc) is 2.53. The van der Waals surface area contributed by atoms with Gasteiger partial charge in [0.15, 0.2) is 11.5 Å². The Balaban J connectivity index is 2.28. The molecule has 0 fully saturated rings. The molecule has 0 aliphatic heterocycles. The van der Waals surface area contributed by atoms with E-state index in [0.717, 1.165) is 11.1 Å². The third-order valence-electron chi connectivity index (χ3n) is 2.94. The van der Waals surface area contributed by atoms with Crippen molar-refractivity contribution < 1.29 is 20.4 Å². The van der Waals surface area contributed by atoms with Crippen molar-refractivity contribution in [3.05, 3.63) is 72.2 Å². The van der Waals surface area contributed by atoms with Gasteiger partial charge < -0.3 is 20.4 Å². The Labute approximate surface area is 116 Å². The van der Waals surface area contributed by atoms with Gasteiger partial charge >= 0.3 is 0 Å². The van der Waals surface area contributed by atoms with Crippen molar-refractivity contribution in [1.29, 1.82) is 0 Å². The molecular formula is C16H14O4. The van der Waals surface area contributed by atoms with Gasteiger partial charge in [-0.25, -0.2) is 0 Å². The van der Waals surface area contributed by atoms with E-state index in [-0.39, 0.29) is 11.5 Å². The molecule has 4 heteroatoms. The van der Waals surface area contributed by atoms with Gasteiger partial charge in [0.25, 0.3) is 0 Å². The van der Waals surface area contributed by atoms with Crippen LogP contribution in [0.25, 0.3) is 22.6 Å². The van der Waals surface area contributed by atoms with Crippen LogP contribution in [0.3, 0.4) is 0 Å². The second-order valence-electron chi connectivity index (χ2n) is 4.18. The number of hydrogen-bond acceptors (Lipinski definition) is 4. The highest BCUT2D eigenvalue weighted by atomic mass is 16.3. The van der Waals surface area contributed by atoms with Crippen LogP contribution in [0.2, 0.25) is 0 Å². The molecule has 4 N–H and O–H groups in total. The summed E-state index contributed by atoms with van der Waals surface area (Å²) in [5, 5.41) is 36.2. The molecular weight excluding hydrogens is 256 g/mol. The monoisotopic (exact) mass is 270 g/mol. The predicted octanol–water partition coefficient (Wildman–Crippen LogP) is 4.18. The summed E-state index contributed by atoms with van der Waals surface area (Å²) in [6.07, 6.45) is 1.29. The van der Waals surface area contributed by atoms with E-state index in [4.69, 9.17) is 10.2 Å². The molecule has 2 rings (SSSR count). The topological polar surface area (TPSA) is 80.9 Å². The molecule has 20 heavy (non-hydrogen) atoms. The van der Waals surface area contributed by atoms with Crippen molar-refractivity contribution >= 4 is 11.5 Å². The van der Waals surface area contributed by atoms with Gasteiger partial charge in [-0.15, -0.1) is 0 Å². The molecule has 4 nitrogen and oxygen atoms in total. The Morgan fingerprint density at radius 3 is 1.15 bits per heavy atom. The molecule has 0 atom stereocenters. The average molecular weight is 270 g/mol. The summed E-state index contributed by atoms with van der Waals surface area (Å²) in [7, 11) is 0. The lowest BCUT2D eigenvalue weighted by Crippen LogP contribution is -1.86. The minimum absolute atomic E-state index is 0.190. The van der Waals surface area contributed by atoms with Crippen molar-refractivity contribution in [2.45, 2.75) is 0 Å². The van der Waals surface area contributed by atoms with Crippen molar-refractivity contribution in [3.8, 4) is 11.1 Å². The second kappa shape index (κ2) is 5.84. The van der Waals surface area contributed by atoms with Crippen LogP contribution in [0.4, 0.5) is 0 Å². The Hall–Kier alpha value is -2.88. The zero-order valence-corrected chi connectivity index (χ0v) is 10.6. The van der Waals surface area contributed by atoms with Crippen LogP contribution in [-0.4, -0.2) is 20.4 Å². The second-order valence-corrected chi connectivity index (χ2v) is 4.18. The molecule has 0 bridgehead atoms. The summed E-state index contributed by atoms with van der Waals surface area (Å²) in [5.74, 6) is -0.380. The highest BCUT2D eigenvalue weighted by Crippen LogP contribution is 2.23. The number of aliphatic hydroxyl groups is 4. The summed E-state index contributed by atoms with van der Waals surface area (Å²) >= 11 is 0. The van der Waals surface area contributed by atoms with E-state index in [1.165, 1.54) is 0 Å². The normalized spacial score (nSPS) is 12.4. The number of rotatable bonds is 3. The van der Waals surface area contributed by atoms with E-state index in [1.807, 2.05) is 24.3 Å². The van der Waals surface area contributed by atoms with Crippen molar-refractivity contribution in [2.75, 3.05) is 0 Å². The molecule has 2 aromatic carbocycles. The fraction of sp³-hybridized carbons (Fsp3) is 0. The predicted molar refractivity (Wildman–Crippen MR) is 78.3 cm³/mol. The van der Waals surface area contributed by atoms with E-state index < -0.39 is 0 Å². The highest BCUT2D eigenvalue weighted by molar-refractivity contribution is 5.69. The zero-order valence-electron chi connectivity index (χ0n) is 10.6. The summed E-state index contributed by atoms with van der Waals surface area (Å²) in [4.78, 5) is 0. The van der Waals surface area contributed by atoms with Gasteiger partial charge in [0, 0.05) is 11.1 Å². The van der Waals surface area contributed by atoms with E-state index in [1.54, 1.807) is 24.3 Å². The van der Waals surface area contributed by atoms with Crippen molar-refractivity contribution in [3.63, 3.8) is 0 Å². The van der Waals surface area contributed by atoms with Crippen molar-refractivity contribution in [2.24, 2.45) is 0 Å². The standard InChI is InChI=1S/C16H14O4/c17-9-15(19)13-5-1-11(2-6-13)12-3-7-14(8-4-12)16(20)10-18/h1-10,17-20H. The molecule has 102 valence electrons. The van der Waals surface area contributed by atoms with Crippen LogP contribution in [0.5, 0.6) is 0 Å². The third kappa shape index (κ3) is 2.75. The molecule has 0 aliphatic carbocycles. The molecule has 0 amide bonds. The lowest BCUT2D eigenvalue weighted by molar-refractivity contribution is 0.431.